The number of sulfonamides is 1. The number of hydrogen-bond donors (Lipinski definition) is 1. The van der Waals surface area contributed by atoms with Crippen LogP contribution in [-0.4, -0.2) is 46.6 Å². The number of nitrogens with zero attached hydrogens (tertiary/aromatic N) is 1. The monoisotopic (exact) mass is 332 g/mol. The summed E-state index contributed by atoms with van der Waals surface area (Å²) in [5.41, 5.74) is 1.04. The molecule has 5 nitrogen and oxygen atoms in total. The Hall–Kier alpha value is -0.470. The smallest absolute Gasteiger partial charge is 0.252 e. The molecule has 0 aliphatic carbocycles. The summed E-state index contributed by atoms with van der Waals surface area (Å²) in [6.45, 7) is 4.47. The van der Waals surface area contributed by atoms with Crippen molar-refractivity contribution in [2.75, 3.05) is 33.9 Å². The van der Waals surface area contributed by atoms with Crippen molar-refractivity contribution in [2.24, 2.45) is 5.92 Å². The van der Waals surface area contributed by atoms with E-state index in [0.29, 0.717) is 36.4 Å². The van der Waals surface area contributed by atoms with Crippen LogP contribution in [0.4, 0.5) is 0 Å². The van der Waals surface area contributed by atoms with Gasteiger partial charge in [0.2, 0.25) is 0 Å². The third-order valence-electron chi connectivity index (χ3n) is 3.81. The molecule has 0 radical (unpaired) electrons. The van der Waals surface area contributed by atoms with Gasteiger partial charge in [-0.2, -0.15) is 4.31 Å². The molecule has 1 aliphatic heterocycles. The van der Waals surface area contributed by atoms with Gasteiger partial charge in [-0.25, -0.2) is 8.42 Å². The molecule has 1 atom stereocenters. The number of nitrogens with one attached hydrogen (secondary N) is 1. The number of thiophene rings is 1. The predicted molar refractivity (Wildman–Crippen MR) is 85.2 cm³/mol. The summed E-state index contributed by atoms with van der Waals surface area (Å²) in [6, 6.07) is 1.80. The number of methoxy groups -OCH3 is 1. The van der Waals surface area contributed by atoms with Crippen molar-refractivity contribution in [1.82, 2.24) is 9.62 Å². The highest BCUT2D eigenvalue weighted by Crippen LogP contribution is 2.30. The molecule has 120 valence electrons. The normalized spacial score (nSPS) is 20.8. The fourth-order valence-corrected chi connectivity index (χ4v) is 6.01. The first-order valence-corrected chi connectivity index (χ1v) is 9.47. The molecule has 0 saturated carbocycles. The zero-order valence-corrected chi connectivity index (χ0v) is 14.5. The molecule has 1 aliphatic rings. The van der Waals surface area contributed by atoms with Gasteiger partial charge in [0.1, 0.15) is 4.21 Å². The lowest BCUT2D eigenvalue weighted by molar-refractivity contribution is 0.118. The zero-order valence-electron chi connectivity index (χ0n) is 12.9. The first-order valence-electron chi connectivity index (χ1n) is 7.22. The summed E-state index contributed by atoms with van der Waals surface area (Å²) in [6.07, 6.45) is 1.94. The van der Waals surface area contributed by atoms with Crippen LogP contribution in [0.3, 0.4) is 0 Å². The van der Waals surface area contributed by atoms with Crippen molar-refractivity contribution >= 4 is 21.4 Å². The van der Waals surface area contributed by atoms with Crippen LogP contribution < -0.4 is 5.32 Å². The second-order valence-corrected chi connectivity index (χ2v) is 8.83. The van der Waals surface area contributed by atoms with Gasteiger partial charge in [-0.3, -0.25) is 0 Å². The van der Waals surface area contributed by atoms with E-state index in [0.717, 1.165) is 23.3 Å². The second kappa shape index (κ2) is 7.19. The van der Waals surface area contributed by atoms with E-state index in [-0.39, 0.29) is 0 Å². The maximum Gasteiger partial charge on any atom is 0.252 e. The van der Waals surface area contributed by atoms with Crippen LogP contribution in [0.15, 0.2) is 10.3 Å². The van der Waals surface area contributed by atoms with Crippen molar-refractivity contribution in [3.63, 3.8) is 0 Å². The molecule has 7 heteroatoms. The standard InChI is InChI=1S/C14H24N2O3S2/c1-11-7-14(20-13(11)8-15-2)21(17,18)16-6-4-5-12(9-16)10-19-3/h7,12,15H,4-6,8-10H2,1-3H3. The predicted octanol–water partition coefficient (Wildman–Crippen LogP) is 1.82. The Morgan fingerprint density at radius 3 is 2.95 bits per heavy atom. The zero-order chi connectivity index (χ0) is 15.5. The van der Waals surface area contributed by atoms with Gasteiger partial charge in [-0.05, 0) is 44.4 Å². The highest BCUT2D eigenvalue weighted by atomic mass is 32.2. The SMILES string of the molecule is CNCc1sc(S(=O)(=O)N2CCCC(COC)C2)cc1C. The molecule has 1 aromatic rings. The highest BCUT2D eigenvalue weighted by Gasteiger charge is 2.31. The number of piperidine rings is 1. The Bertz CT molecular complexity index is 567. The number of hydrogen-bond acceptors (Lipinski definition) is 5. The van der Waals surface area contributed by atoms with Gasteiger partial charge >= 0.3 is 0 Å². The number of aryl methyl sites for hydroxylation is 1. The van der Waals surface area contributed by atoms with E-state index in [4.69, 9.17) is 4.74 Å². The summed E-state index contributed by atoms with van der Waals surface area (Å²) in [7, 11) is 0.170. The minimum Gasteiger partial charge on any atom is -0.384 e. The Labute approximate surface area is 131 Å². The number of ether oxygens (including phenoxy) is 1. The Kier molecular flexibility index (Phi) is 5.79. The van der Waals surface area contributed by atoms with Gasteiger partial charge in [-0.1, -0.05) is 0 Å². The molecular formula is C14H24N2O3S2. The molecule has 0 bridgehead atoms. The maximum atomic E-state index is 12.8. The Balaban J connectivity index is 2.19. The van der Waals surface area contributed by atoms with Gasteiger partial charge in [0.05, 0.1) is 6.61 Å². The van der Waals surface area contributed by atoms with Crippen molar-refractivity contribution in [3.8, 4) is 0 Å². The molecule has 1 N–H and O–H groups in total. The first-order chi connectivity index (χ1) is 9.98. The van der Waals surface area contributed by atoms with Gasteiger partial charge in [0, 0.05) is 31.6 Å². The average molecular weight is 332 g/mol. The lowest BCUT2D eigenvalue weighted by Crippen LogP contribution is -2.40. The second-order valence-electron chi connectivity index (χ2n) is 5.53. The van der Waals surface area contributed by atoms with Crippen LogP contribution in [0.25, 0.3) is 0 Å². The molecule has 2 rings (SSSR count). The molecule has 2 heterocycles. The first kappa shape index (κ1) is 16.9. The van der Waals surface area contributed by atoms with E-state index < -0.39 is 10.0 Å². The largest absolute Gasteiger partial charge is 0.384 e. The van der Waals surface area contributed by atoms with Crippen molar-refractivity contribution < 1.29 is 13.2 Å². The van der Waals surface area contributed by atoms with E-state index in [1.165, 1.54) is 11.3 Å². The highest BCUT2D eigenvalue weighted by molar-refractivity contribution is 7.91. The number of rotatable bonds is 6. The van der Waals surface area contributed by atoms with Crippen LogP contribution in [0.2, 0.25) is 0 Å². The third-order valence-corrected chi connectivity index (χ3v) is 7.36. The van der Waals surface area contributed by atoms with Crippen LogP contribution >= 0.6 is 11.3 Å². The Morgan fingerprint density at radius 1 is 1.52 bits per heavy atom. The molecule has 0 aromatic carbocycles. The van der Waals surface area contributed by atoms with Crippen LogP contribution in [-0.2, 0) is 21.3 Å². The molecule has 1 aromatic heterocycles. The molecule has 1 unspecified atom stereocenters. The molecular weight excluding hydrogens is 308 g/mol. The van der Waals surface area contributed by atoms with Crippen molar-refractivity contribution in [3.05, 3.63) is 16.5 Å². The van der Waals surface area contributed by atoms with Crippen LogP contribution in [0.5, 0.6) is 0 Å². The lowest BCUT2D eigenvalue weighted by Gasteiger charge is -2.31. The summed E-state index contributed by atoms with van der Waals surface area (Å²) in [4.78, 5) is 1.08. The molecule has 1 fully saturated rings. The Morgan fingerprint density at radius 2 is 2.29 bits per heavy atom. The lowest BCUT2D eigenvalue weighted by atomic mass is 10.0. The molecule has 21 heavy (non-hydrogen) atoms. The van der Waals surface area contributed by atoms with E-state index in [9.17, 15) is 8.42 Å². The summed E-state index contributed by atoms with van der Waals surface area (Å²) >= 11 is 1.38. The minimum atomic E-state index is -3.36. The van der Waals surface area contributed by atoms with Crippen molar-refractivity contribution in [2.45, 2.75) is 30.5 Å². The maximum absolute atomic E-state index is 12.8. The van der Waals surface area contributed by atoms with E-state index in [1.54, 1.807) is 17.5 Å². The molecule has 1 saturated heterocycles. The fourth-order valence-electron chi connectivity index (χ4n) is 2.70. The van der Waals surface area contributed by atoms with E-state index in [2.05, 4.69) is 5.32 Å². The molecule has 0 spiro atoms. The van der Waals surface area contributed by atoms with Crippen LogP contribution in [0, 0.1) is 12.8 Å². The van der Waals surface area contributed by atoms with Gasteiger partial charge in [-0.15, -0.1) is 11.3 Å². The van der Waals surface area contributed by atoms with Gasteiger partial charge < -0.3 is 10.1 Å². The average Bonchev–Trinajstić information content (AvgIpc) is 2.82. The summed E-state index contributed by atoms with van der Waals surface area (Å²) in [5, 5.41) is 3.08. The van der Waals surface area contributed by atoms with Gasteiger partial charge in [0.15, 0.2) is 0 Å². The minimum absolute atomic E-state index is 0.302. The third kappa shape index (κ3) is 3.84. The van der Waals surface area contributed by atoms with Crippen molar-refractivity contribution in [1.29, 1.82) is 0 Å². The summed E-state index contributed by atoms with van der Waals surface area (Å²) in [5.74, 6) is 0.302. The molecule has 0 amide bonds. The van der Waals surface area contributed by atoms with Gasteiger partial charge in [0.25, 0.3) is 10.0 Å². The van der Waals surface area contributed by atoms with Crippen LogP contribution in [0.1, 0.15) is 23.3 Å². The van der Waals surface area contributed by atoms with E-state index in [1.807, 2.05) is 14.0 Å². The van der Waals surface area contributed by atoms with E-state index >= 15 is 0 Å². The summed E-state index contributed by atoms with van der Waals surface area (Å²) < 4.78 is 32.8. The fraction of sp³-hybridized carbons (Fsp3) is 0.714. The topological polar surface area (TPSA) is 58.6 Å². The quantitative estimate of drug-likeness (QED) is 0.863.